The maximum atomic E-state index is 12.8. The van der Waals surface area contributed by atoms with Crippen molar-refractivity contribution in [1.29, 1.82) is 0 Å². The van der Waals surface area contributed by atoms with Crippen LogP contribution in [0.3, 0.4) is 0 Å². The molecule has 0 spiro atoms. The van der Waals surface area contributed by atoms with Crippen LogP contribution in [0.1, 0.15) is 21.7 Å². The third kappa shape index (κ3) is 6.77. The second kappa shape index (κ2) is 11.0. The lowest BCUT2D eigenvalue weighted by Crippen LogP contribution is -2.13. The highest BCUT2D eigenvalue weighted by Crippen LogP contribution is 2.29. The van der Waals surface area contributed by atoms with Crippen molar-refractivity contribution in [3.63, 3.8) is 0 Å². The Morgan fingerprint density at radius 1 is 0.800 bits per heavy atom. The lowest BCUT2D eigenvalue weighted by Gasteiger charge is -2.12. The van der Waals surface area contributed by atoms with E-state index in [4.69, 9.17) is 0 Å². The van der Waals surface area contributed by atoms with Crippen LogP contribution in [0.5, 0.6) is 0 Å². The number of nitrogens with one attached hydrogen (secondary N) is 3. The molecule has 6 nitrogen and oxygen atoms in total. The van der Waals surface area contributed by atoms with Gasteiger partial charge in [-0.15, -0.1) is 0 Å². The number of aryl methyl sites for hydroxylation is 2. The van der Waals surface area contributed by atoms with Gasteiger partial charge in [0.25, 0.3) is 11.7 Å². The van der Waals surface area contributed by atoms with Crippen LogP contribution in [0.2, 0.25) is 0 Å². The van der Waals surface area contributed by atoms with Crippen molar-refractivity contribution < 1.29 is 13.6 Å². The Balaban J connectivity index is 1.43. The van der Waals surface area contributed by atoms with Crippen LogP contribution in [0.15, 0.2) is 83.8 Å². The number of carbonyl (C=O) groups excluding carboxylic acids is 1. The highest BCUT2D eigenvalue weighted by Gasteiger charge is 2.15. The number of hydrogen-bond donors (Lipinski definition) is 3. The average molecular weight is 492 g/mol. The van der Waals surface area contributed by atoms with E-state index in [1.54, 1.807) is 42.5 Å². The molecule has 178 valence electrons. The quantitative estimate of drug-likeness (QED) is 0.227. The van der Waals surface area contributed by atoms with Gasteiger partial charge in [0.2, 0.25) is 0 Å². The Kier molecular flexibility index (Phi) is 7.57. The summed E-state index contributed by atoms with van der Waals surface area (Å²) in [5, 5.41) is 9.26. The second-order valence-corrected chi connectivity index (χ2v) is 8.74. The lowest BCUT2D eigenvalue weighted by atomic mass is 10.2. The van der Waals surface area contributed by atoms with Crippen molar-refractivity contribution >= 4 is 46.4 Å². The van der Waals surface area contributed by atoms with Crippen LogP contribution < -0.4 is 16.0 Å². The SMILES string of the molecule is Cc1ccc(Nc2cc(Nc3ccc(NC(=O)c4ccccc4SC(F)F)cc3)nc(C)n2)cc1. The number of anilines is 5. The van der Waals surface area contributed by atoms with Crippen LogP contribution >= 0.6 is 11.8 Å². The number of alkyl halides is 2. The van der Waals surface area contributed by atoms with E-state index in [0.717, 1.165) is 11.4 Å². The molecular weight excluding hydrogens is 468 g/mol. The number of aromatic nitrogens is 2. The molecule has 0 aliphatic heterocycles. The number of nitrogens with zero attached hydrogens (tertiary/aromatic N) is 2. The second-order valence-electron chi connectivity index (χ2n) is 7.71. The first-order chi connectivity index (χ1) is 16.9. The molecule has 1 amide bonds. The Morgan fingerprint density at radius 3 is 1.94 bits per heavy atom. The summed E-state index contributed by atoms with van der Waals surface area (Å²) in [4.78, 5) is 21.7. The number of amides is 1. The van der Waals surface area contributed by atoms with Crippen molar-refractivity contribution in [2.24, 2.45) is 0 Å². The molecule has 1 heterocycles. The van der Waals surface area contributed by atoms with Crippen LogP contribution in [-0.4, -0.2) is 21.6 Å². The molecule has 1 aromatic heterocycles. The minimum atomic E-state index is -2.60. The molecule has 0 saturated carbocycles. The van der Waals surface area contributed by atoms with Crippen molar-refractivity contribution in [3.05, 3.63) is 95.8 Å². The standard InChI is InChI=1S/C26H23F2N5OS/c1-16-7-9-18(10-8-16)31-23-15-24(30-17(2)29-23)32-19-11-13-20(14-12-19)33-25(34)21-5-3-4-6-22(21)35-26(27)28/h3-15,26H,1-2H3,(H,33,34)(H2,29,30,31,32). The van der Waals surface area contributed by atoms with Crippen LogP contribution in [0.25, 0.3) is 0 Å². The zero-order valence-electron chi connectivity index (χ0n) is 19.0. The van der Waals surface area contributed by atoms with E-state index in [9.17, 15) is 13.6 Å². The molecule has 0 aliphatic rings. The van der Waals surface area contributed by atoms with E-state index in [1.807, 2.05) is 38.1 Å². The summed E-state index contributed by atoms with van der Waals surface area (Å²) in [6.45, 7) is 3.84. The van der Waals surface area contributed by atoms with E-state index in [0.29, 0.717) is 34.9 Å². The maximum absolute atomic E-state index is 12.8. The molecule has 0 atom stereocenters. The molecule has 0 saturated heterocycles. The van der Waals surface area contributed by atoms with Gasteiger partial charge in [0, 0.05) is 28.0 Å². The lowest BCUT2D eigenvalue weighted by molar-refractivity contribution is 0.102. The largest absolute Gasteiger partial charge is 0.340 e. The van der Waals surface area contributed by atoms with E-state index in [1.165, 1.54) is 17.7 Å². The summed E-state index contributed by atoms with van der Waals surface area (Å²) in [6.07, 6.45) is 0. The fourth-order valence-corrected chi connectivity index (χ4v) is 3.95. The molecule has 0 aliphatic carbocycles. The molecule has 3 aromatic carbocycles. The van der Waals surface area contributed by atoms with Gasteiger partial charge in [-0.05, 0) is 62.4 Å². The van der Waals surface area contributed by atoms with Crippen molar-refractivity contribution in [3.8, 4) is 0 Å². The monoisotopic (exact) mass is 491 g/mol. The van der Waals surface area contributed by atoms with Gasteiger partial charge in [0.05, 0.1) is 5.56 Å². The molecule has 4 rings (SSSR count). The predicted molar refractivity (Wildman–Crippen MR) is 137 cm³/mol. The fraction of sp³-hybridized carbons (Fsp3) is 0.115. The Labute approximate surface area is 206 Å². The first-order valence-corrected chi connectivity index (χ1v) is 11.7. The normalized spacial score (nSPS) is 10.8. The summed E-state index contributed by atoms with van der Waals surface area (Å²) in [6, 6.07) is 23.1. The molecule has 9 heteroatoms. The number of halogens is 2. The van der Waals surface area contributed by atoms with Crippen LogP contribution in [0, 0.1) is 13.8 Å². The topological polar surface area (TPSA) is 78.9 Å². The summed E-state index contributed by atoms with van der Waals surface area (Å²) in [5.74, 6) is -1.18. The first kappa shape index (κ1) is 24.2. The molecule has 4 aromatic rings. The molecule has 0 fully saturated rings. The average Bonchev–Trinajstić information content (AvgIpc) is 2.81. The van der Waals surface area contributed by atoms with Crippen LogP contribution in [-0.2, 0) is 0 Å². The number of rotatable bonds is 8. The van der Waals surface area contributed by atoms with Gasteiger partial charge in [0.1, 0.15) is 17.5 Å². The smallest absolute Gasteiger partial charge is 0.288 e. The van der Waals surface area contributed by atoms with Crippen molar-refractivity contribution in [2.75, 3.05) is 16.0 Å². The van der Waals surface area contributed by atoms with Crippen molar-refractivity contribution in [1.82, 2.24) is 9.97 Å². The molecule has 3 N–H and O–H groups in total. The zero-order chi connectivity index (χ0) is 24.8. The van der Waals surface area contributed by atoms with Crippen LogP contribution in [0.4, 0.5) is 37.5 Å². The number of benzene rings is 3. The summed E-state index contributed by atoms with van der Waals surface area (Å²) >= 11 is 0.349. The third-order valence-electron chi connectivity index (χ3n) is 4.92. The van der Waals surface area contributed by atoms with Gasteiger partial charge < -0.3 is 16.0 Å². The fourth-order valence-electron chi connectivity index (χ4n) is 3.32. The van der Waals surface area contributed by atoms with Gasteiger partial charge in [-0.25, -0.2) is 9.97 Å². The van der Waals surface area contributed by atoms with E-state index < -0.39 is 11.7 Å². The number of hydrogen-bond acceptors (Lipinski definition) is 6. The number of thioether (sulfide) groups is 1. The molecule has 0 bridgehead atoms. The van der Waals surface area contributed by atoms with E-state index >= 15 is 0 Å². The number of carbonyl (C=O) groups is 1. The molecular formula is C26H23F2N5OS. The van der Waals surface area contributed by atoms with E-state index in [2.05, 4.69) is 25.9 Å². The molecule has 0 radical (unpaired) electrons. The highest BCUT2D eigenvalue weighted by molar-refractivity contribution is 7.99. The van der Waals surface area contributed by atoms with E-state index in [-0.39, 0.29) is 10.5 Å². The van der Waals surface area contributed by atoms with Gasteiger partial charge in [-0.3, -0.25) is 4.79 Å². The summed E-state index contributed by atoms with van der Waals surface area (Å²) in [5.41, 5.74) is 3.60. The summed E-state index contributed by atoms with van der Waals surface area (Å²) in [7, 11) is 0. The van der Waals surface area contributed by atoms with Gasteiger partial charge in [0.15, 0.2) is 0 Å². The predicted octanol–water partition coefficient (Wildman–Crippen LogP) is 7.15. The molecule has 35 heavy (non-hydrogen) atoms. The zero-order valence-corrected chi connectivity index (χ0v) is 19.9. The first-order valence-electron chi connectivity index (χ1n) is 10.8. The Hall–Kier alpha value is -3.98. The Bertz CT molecular complexity index is 1310. The highest BCUT2D eigenvalue weighted by atomic mass is 32.2. The third-order valence-corrected chi connectivity index (χ3v) is 5.71. The Morgan fingerprint density at radius 2 is 1.34 bits per heavy atom. The minimum absolute atomic E-state index is 0.199. The van der Waals surface area contributed by atoms with Crippen molar-refractivity contribution in [2.45, 2.75) is 24.5 Å². The van der Waals surface area contributed by atoms with Gasteiger partial charge >= 0.3 is 0 Å². The van der Waals surface area contributed by atoms with Gasteiger partial charge in [-0.1, -0.05) is 41.6 Å². The van der Waals surface area contributed by atoms with Gasteiger partial charge in [-0.2, -0.15) is 8.78 Å². The maximum Gasteiger partial charge on any atom is 0.288 e. The minimum Gasteiger partial charge on any atom is -0.340 e. The molecule has 0 unspecified atom stereocenters. The summed E-state index contributed by atoms with van der Waals surface area (Å²) < 4.78 is 25.6.